The number of likely N-dealkylation sites (tertiary alicyclic amines) is 1. The normalized spacial score (nSPS) is 23.4. The molecule has 3 aromatic carbocycles. The molecular weight excluding hydrogens is 541 g/mol. The summed E-state index contributed by atoms with van der Waals surface area (Å²) in [6.07, 6.45) is 0. The number of benzene rings is 3. The summed E-state index contributed by atoms with van der Waals surface area (Å²) in [5.41, 5.74) is -0.617. The van der Waals surface area contributed by atoms with Crippen LogP contribution in [0.2, 0.25) is 10.0 Å². The molecule has 1 aliphatic rings. The van der Waals surface area contributed by atoms with E-state index >= 15 is 8.78 Å². The second-order valence-corrected chi connectivity index (χ2v) is 11.9. The lowest BCUT2D eigenvalue weighted by molar-refractivity contribution is -0.161. The first-order valence-corrected chi connectivity index (χ1v) is 13.4. The van der Waals surface area contributed by atoms with Gasteiger partial charge in [0.15, 0.2) is 0 Å². The van der Waals surface area contributed by atoms with Crippen molar-refractivity contribution in [2.24, 2.45) is 0 Å². The van der Waals surface area contributed by atoms with Gasteiger partial charge in [-0.05, 0) is 63.9 Å². The van der Waals surface area contributed by atoms with Crippen LogP contribution in [0.15, 0.2) is 60.7 Å². The lowest BCUT2D eigenvalue weighted by Crippen LogP contribution is -2.44. The van der Waals surface area contributed by atoms with Gasteiger partial charge in [0.05, 0.1) is 11.1 Å². The predicted molar refractivity (Wildman–Crippen MR) is 149 cm³/mol. The van der Waals surface area contributed by atoms with Crippen molar-refractivity contribution in [2.45, 2.75) is 70.2 Å². The maximum atomic E-state index is 15.8. The number of carbonyl (C=O) groups excluding carboxylic acids is 1. The molecule has 4 rings (SSSR count). The Kier molecular flexibility index (Phi) is 8.10. The van der Waals surface area contributed by atoms with Crippen LogP contribution in [0.3, 0.4) is 0 Å². The van der Waals surface area contributed by atoms with Crippen molar-refractivity contribution in [1.82, 2.24) is 4.90 Å². The van der Waals surface area contributed by atoms with E-state index in [1.807, 2.05) is 36.1 Å². The van der Waals surface area contributed by atoms with Crippen molar-refractivity contribution in [3.05, 3.63) is 105 Å². The largest absolute Gasteiger partial charge is 0.459 e. The van der Waals surface area contributed by atoms with Crippen molar-refractivity contribution in [3.8, 4) is 6.07 Å². The van der Waals surface area contributed by atoms with Gasteiger partial charge in [-0.1, -0.05) is 71.2 Å². The molecule has 204 valence electrons. The van der Waals surface area contributed by atoms with E-state index in [-0.39, 0.29) is 27.7 Å². The molecule has 2 unspecified atom stereocenters. The molecule has 0 amide bonds. The number of rotatable bonds is 5. The molecule has 8 heteroatoms. The van der Waals surface area contributed by atoms with Gasteiger partial charge in [0.1, 0.15) is 28.7 Å². The molecule has 1 saturated heterocycles. The molecule has 4 nitrogen and oxygen atoms in total. The van der Waals surface area contributed by atoms with Crippen LogP contribution in [0.5, 0.6) is 0 Å². The van der Waals surface area contributed by atoms with Crippen molar-refractivity contribution in [2.75, 3.05) is 0 Å². The van der Waals surface area contributed by atoms with E-state index in [1.165, 1.54) is 24.3 Å². The van der Waals surface area contributed by atoms with Crippen molar-refractivity contribution >= 4 is 29.2 Å². The first-order chi connectivity index (χ1) is 18.3. The number of ether oxygens (including phenoxy) is 1. The quantitative estimate of drug-likeness (QED) is 0.294. The third-order valence-corrected chi connectivity index (χ3v) is 7.82. The average Bonchev–Trinajstić information content (AvgIpc) is 3.08. The summed E-state index contributed by atoms with van der Waals surface area (Å²) >= 11 is 12.3. The van der Waals surface area contributed by atoms with E-state index in [1.54, 1.807) is 33.8 Å². The Balaban J connectivity index is 2.04. The van der Waals surface area contributed by atoms with E-state index < -0.39 is 46.6 Å². The Bertz CT molecular complexity index is 1450. The highest BCUT2D eigenvalue weighted by Crippen LogP contribution is 2.55. The molecule has 0 bridgehead atoms. The second kappa shape index (κ2) is 10.9. The van der Waals surface area contributed by atoms with Gasteiger partial charge in [0, 0.05) is 29.1 Å². The van der Waals surface area contributed by atoms with Crippen LogP contribution < -0.4 is 0 Å². The van der Waals surface area contributed by atoms with E-state index in [2.05, 4.69) is 6.07 Å². The number of nitriles is 1. The number of aryl methyl sites for hydroxylation is 1. The Morgan fingerprint density at radius 1 is 1.10 bits per heavy atom. The predicted octanol–water partition coefficient (Wildman–Crippen LogP) is 7.74. The summed E-state index contributed by atoms with van der Waals surface area (Å²) in [6.45, 7) is 9.16. The number of nitrogens with zero attached hydrogens (tertiary/aromatic N) is 2. The summed E-state index contributed by atoms with van der Waals surface area (Å²) in [5, 5.41) is 10.9. The van der Waals surface area contributed by atoms with E-state index in [0.717, 1.165) is 17.2 Å². The fourth-order valence-corrected chi connectivity index (χ4v) is 6.05. The first kappa shape index (κ1) is 29.0. The maximum Gasteiger partial charge on any atom is 0.324 e. The van der Waals surface area contributed by atoms with Crippen LogP contribution >= 0.6 is 23.2 Å². The van der Waals surface area contributed by atoms with E-state index in [9.17, 15) is 10.1 Å². The highest BCUT2D eigenvalue weighted by atomic mass is 35.5. The zero-order valence-corrected chi connectivity index (χ0v) is 23.9. The van der Waals surface area contributed by atoms with Crippen LogP contribution in [0, 0.1) is 29.9 Å². The maximum absolute atomic E-state index is 15.8. The van der Waals surface area contributed by atoms with Crippen LogP contribution in [0.25, 0.3) is 0 Å². The number of halogens is 4. The second-order valence-electron chi connectivity index (χ2n) is 11.0. The summed E-state index contributed by atoms with van der Waals surface area (Å²) in [4.78, 5) is 15.8. The standard InChI is InChI=1S/C31H30Cl2F2N2O2/c1-18-8-6-9-20(14-18)16-37-19(2)31(17-36,23-13-12-21(32)15-25(23)34)26(22-10-7-11-24(33)27(22)35)28(37)29(38)39-30(3,4)5/h6-15,19,26,28H,16H2,1-5H3/t19?,26-,28?,31+/m0/s1. The molecule has 0 radical (unpaired) electrons. The lowest BCUT2D eigenvalue weighted by Gasteiger charge is -2.34. The molecule has 0 aliphatic carbocycles. The van der Waals surface area contributed by atoms with Gasteiger partial charge in [-0.2, -0.15) is 5.26 Å². The fraction of sp³-hybridized carbons (Fsp3) is 0.355. The molecular formula is C31H30Cl2F2N2O2. The minimum atomic E-state index is -1.70. The fourth-order valence-electron chi connectivity index (χ4n) is 5.71. The minimum absolute atomic E-state index is 0.0200. The molecule has 4 atom stereocenters. The monoisotopic (exact) mass is 570 g/mol. The molecule has 1 aliphatic heterocycles. The lowest BCUT2D eigenvalue weighted by atomic mass is 9.65. The Morgan fingerprint density at radius 2 is 1.79 bits per heavy atom. The molecule has 0 spiro atoms. The SMILES string of the molecule is Cc1cccc(CN2C(C(=O)OC(C)(C)C)[C@H](c3cccc(Cl)c3F)[C@@](C#N)(c3ccc(Cl)cc3F)C2C)c1. The zero-order valence-electron chi connectivity index (χ0n) is 22.4. The summed E-state index contributed by atoms with van der Waals surface area (Å²) < 4.78 is 37.3. The Morgan fingerprint density at radius 3 is 2.41 bits per heavy atom. The van der Waals surface area contributed by atoms with Crippen LogP contribution in [0.4, 0.5) is 8.78 Å². The van der Waals surface area contributed by atoms with Crippen LogP contribution in [0.1, 0.15) is 55.9 Å². The summed E-state index contributed by atoms with van der Waals surface area (Å²) in [6, 6.07) is 16.7. The molecule has 1 heterocycles. The highest BCUT2D eigenvalue weighted by Gasteiger charge is 2.63. The third-order valence-electron chi connectivity index (χ3n) is 7.29. The Labute approximate surface area is 238 Å². The van der Waals surface area contributed by atoms with E-state index in [4.69, 9.17) is 27.9 Å². The van der Waals surface area contributed by atoms with Gasteiger partial charge in [-0.25, -0.2) is 8.78 Å². The molecule has 0 saturated carbocycles. The molecule has 1 fully saturated rings. The zero-order chi connectivity index (χ0) is 28.7. The molecule has 0 N–H and O–H groups in total. The van der Waals surface area contributed by atoms with Gasteiger partial charge in [-0.3, -0.25) is 9.69 Å². The number of esters is 1. The molecule has 0 aromatic heterocycles. The average molecular weight is 571 g/mol. The van der Waals surface area contributed by atoms with Gasteiger partial charge in [-0.15, -0.1) is 0 Å². The van der Waals surface area contributed by atoms with Crippen molar-refractivity contribution in [1.29, 1.82) is 5.26 Å². The van der Waals surface area contributed by atoms with Gasteiger partial charge in [0.2, 0.25) is 0 Å². The van der Waals surface area contributed by atoms with Crippen LogP contribution in [-0.2, 0) is 21.5 Å². The summed E-state index contributed by atoms with van der Waals surface area (Å²) in [7, 11) is 0. The number of hydrogen-bond acceptors (Lipinski definition) is 4. The van der Waals surface area contributed by atoms with Gasteiger partial charge >= 0.3 is 5.97 Å². The third kappa shape index (κ3) is 5.41. The molecule has 3 aromatic rings. The summed E-state index contributed by atoms with van der Waals surface area (Å²) in [5.74, 6) is -3.29. The highest BCUT2D eigenvalue weighted by molar-refractivity contribution is 6.31. The Hall–Kier alpha value is -2.98. The number of hydrogen-bond donors (Lipinski definition) is 0. The van der Waals surface area contributed by atoms with Crippen molar-refractivity contribution in [3.63, 3.8) is 0 Å². The van der Waals surface area contributed by atoms with Gasteiger partial charge in [0.25, 0.3) is 0 Å². The van der Waals surface area contributed by atoms with Gasteiger partial charge < -0.3 is 4.74 Å². The smallest absolute Gasteiger partial charge is 0.324 e. The van der Waals surface area contributed by atoms with Crippen molar-refractivity contribution < 1.29 is 18.3 Å². The minimum Gasteiger partial charge on any atom is -0.459 e. The first-order valence-electron chi connectivity index (χ1n) is 12.6. The van der Waals surface area contributed by atoms with E-state index in [0.29, 0.717) is 0 Å². The number of carbonyl (C=O) groups is 1. The molecule has 39 heavy (non-hydrogen) atoms. The van der Waals surface area contributed by atoms with Crippen LogP contribution in [-0.4, -0.2) is 28.6 Å². The topological polar surface area (TPSA) is 53.3 Å².